The largest absolute Gasteiger partial charge is 0.350 e. The van der Waals surface area contributed by atoms with E-state index in [1.54, 1.807) is 6.92 Å². The standard InChI is InChI=1S/C20H31F2N3O2S/c1-5-28(26,27)24-15-6-7-17-16(12-15)23-18(19(2,3)4)25(17)13-14-8-10-20(21,22)11-9-14/h6,12,14,17,24H,5,7-11,13H2,1-4H3. The van der Waals surface area contributed by atoms with Crippen molar-refractivity contribution in [1.82, 2.24) is 9.62 Å². The molecule has 5 nitrogen and oxygen atoms in total. The third-order valence-electron chi connectivity index (χ3n) is 5.70. The molecule has 1 fully saturated rings. The highest BCUT2D eigenvalue weighted by Gasteiger charge is 2.41. The molecular weight excluding hydrogens is 384 g/mol. The molecule has 28 heavy (non-hydrogen) atoms. The van der Waals surface area contributed by atoms with E-state index in [1.165, 1.54) is 0 Å². The first-order chi connectivity index (χ1) is 12.9. The van der Waals surface area contributed by atoms with Crippen molar-refractivity contribution in [2.24, 2.45) is 16.3 Å². The Bertz CT molecular complexity index is 800. The zero-order valence-corrected chi connectivity index (χ0v) is 18.0. The topological polar surface area (TPSA) is 61.8 Å². The van der Waals surface area contributed by atoms with Gasteiger partial charge in [0.15, 0.2) is 0 Å². The van der Waals surface area contributed by atoms with E-state index in [1.807, 2.05) is 12.2 Å². The average Bonchev–Trinajstić information content (AvgIpc) is 2.94. The van der Waals surface area contributed by atoms with Gasteiger partial charge in [0.1, 0.15) is 5.84 Å². The van der Waals surface area contributed by atoms with E-state index in [9.17, 15) is 17.2 Å². The number of allylic oxidation sites excluding steroid dienone is 1. The maximum Gasteiger partial charge on any atom is 0.248 e. The molecule has 0 saturated heterocycles. The molecule has 1 unspecified atom stereocenters. The van der Waals surface area contributed by atoms with Crippen LogP contribution in [-0.4, -0.2) is 43.4 Å². The highest BCUT2D eigenvalue weighted by Crippen LogP contribution is 2.40. The molecule has 2 aliphatic carbocycles. The maximum atomic E-state index is 13.5. The Kier molecular flexibility index (Phi) is 5.64. The summed E-state index contributed by atoms with van der Waals surface area (Å²) in [4.78, 5) is 7.11. The second-order valence-corrected chi connectivity index (χ2v) is 11.1. The van der Waals surface area contributed by atoms with E-state index in [4.69, 9.17) is 4.99 Å². The summed E-state index contributed by atoms with van der Waals surface area (Å²) in [6, 6.07) is 0.0477. The monoisotopic (exact) mass is 415 g/mol. The molecule has 0 aromatic heterocycles. The van der Waals surface area contributed by atoms with Crippen molar-refractivity contribution in [1.29, 1.82) is 0 Å². The Morgan fingerprint density at radius 1 is 1.29 bits per heavy atom. The van der Waals surface area contributed by atoms with Crippen LogP contribution in [0, 0.1) is 11.3 Å². The molecule has 1 aliphatic heterocycles. The SMILES string of the molecule is CCS(=O)(=O)NC1=CCC2C(=C1)N=C(C(C)(C)C)N2CC1CCC(F)(F)CC1. The molecule has 0 spiro atoms. The molecule has 0 amide bonds. The summed E-state index contributed by atoms with van der Waals surface area (Å²) in [5.41, 5.74) is 1.23. The lowest BCUT2D eigenvalue weighted by Gasteiger charge is -2.38. The molecule has 1 saturated carbocycles. The predicted molar refractivity (Wildman–Crippen MR) is 108 cm³/mol. The Labute approximate surface area is 167 Å². The minimum Gasteiger partial charge on any atom is -0.350 e. The van der Waals surface area contributed by atoms with E-state index in [-0.39, 0.29) is 36.0 Å². The highest BCUT2D eigenvalue weighted by molar-refractivity contribution is 7.89. The van der Waals surface area contributed by atoms with Crippen molar-refractivity contribution < 1.29 is 17.2 Å². The van der Waals surface area contributed by atoms with Crippen LogP contribution in [0.15, 0.2) is 28.5 Å². The van der Waals surface area contributed by atoms with Gasteiger partial charge >= 0.3 is 0 Å². The van der Waals surface area contributed by atoms with Crippen LogP contribution in [-0.2, 0) is 10.0 Å². The van der Waals surface area contributed by atoms with Crippen molar-refractivity contribution in [3.8, 4) is 0 Å². The number of amidine groups is 1. The van der Waals surface area contributed by atoms with Crippen molar-refractivity contribution in [2.45, 2.75) is 71.8 Å². The molecule has 1 atom stereocenters. The number of nitrogens with one attached hydrogen (secondary N) is 1. The fourth-order valence-electron chi connectivity index (χ4n) is 4.10. The van der Waals surface area contributed by atoms with Gasteiger partial charge in [0.25, 0.3) is 0 Å². The number of aliphatic imine (C=N–C) groups is 1. The lowest BCUT2D eigenvalue weighted by atomic mass is 9.85. The summed E-state index contributed by atoms with van der Waals surface area (Å²) in [6.07, 6.45) is 5.34. The van der Waals surface area contributed by atoms with Crippen LogP contribution < -0.4 is 4.72 Å². The number of alkyl halides is 2. The first-order valence-corrected chi connectivity index (χ1v) is 11.7. The minimum absolute atomic E-state index is 0.0197. The lowest BCUT2D eigenvalue weighted by molar-refractivity contribution is -0.0477. The van der Waals surface area contributed by atoms with Gasteiger partial charge in [0.2, 0.25) is 15.9 Å². The second-order valence-electron chi connectivity index (χ2n) is 9.12. The van der Waals surface area contributed by atoms with E-state index < -0.39 is 15.9 Å². The van der Waals surface area contributed by atoms with Crippen LogP contribution in [0.5, 0.6) is 0 Å². The number of nitrogens with zero attached hydrogens (tertiary/aromatic N) is 2. The summed E-state index contributed by atoms with van der Waals surface area (Å²) in [5, 5.41) is 0. The smallest absolute Gasteiger partial charge is 0.248 e. The zero-order valence-electron chi connectivity index (χ0n) is 17.1. The van der Waals surface area contributed by atoms with Crippen molar-refractivity contribution in [2.75, 3.05) is 12.3 Å². The van der Waals surface area contributed by atoms with Crippen molar-refractivity contribution >= 4 is 15.9 Å². The summed E-state index contributed by atoms with van der Waals surface area (Å²) in [7, 11) is -3.33. The molecule has 1 heterocycles. The molecule has 158 valence electrons. The molecule has 8 heteroatoms. The van der Waals surface area contributed by atoms with Crippen LogP contribution in [0.3, 0.4) is 0 Å². The molecule has 3 rings (SSSR count). The summed E-state index contributed by atoms with van der Waals surface area (Å²) in [6.45, 7) is 8.61. The van der Waals surface area contributed by atoms with E-state index in [0.29, 0.717) is 25.0 Å². The maximum absolute atomic E-state index is 13.5. The molecule has 0 radical (unpaired) electrons. The fraction of sp³-hybridized carbons (Fsp3) is 0.750. The van der Waals surface area contributed by atoms with Gasteiger partial charge in [-0.3, -0.25) is 4.72 Å². The Morgan fingerprint density at radius 3 is 2.50 bits per heavy atom. The quantitative estimate of drug-likeness (QED) is 0.737. The fourth-order valence-corrected chi connectivity index (χ4v) is 4.74. The predicted octanol–water partition coefficient (Wildman–Crippen LogP) is 4.05. The Morgan fingerprint density at radius 2 is 1.93 bits per heavy atom. The zero-order chi connectivity index (χ0) is 20.7. The van der Waals surface area contributed by atoms with Gasteiger partial charge in [-0.05, 0) is 38.2 Å². The van der Waals surface area contributed by atoms with Gasteiger partial charge in [-0.2, -0.15) is 0 Å². The Hall–Kier alpha value is -1.44. The van der Waals surface area contributed by atoms with Crippen LogP contribution in [0.1, 0.15) is 59.8 Å². The number of rotatable bonds is 5. The Balaban J connectivity index is 1.79. The minimum atomic E-state index is -3.33. The second kappa shape index (κ2) is 7.43. The van der Waals surface area contributed by atoms with Gasteiger partial charge in [0, 0.05) is 30.5 Å². The van der Waals surface area contributed by atoms with Crippen molar-refractivity contribution in [3.05, 3.63) is 23.5 Å². The summed E-state index contributed by atoms with van der Waals surface area (Å²) in [5.74, 6) is -1.32. The van der Waals surface area contributed by atoms with E-state index in [2.05, 4.69) is 30.4 Å². The first-order valence-electron chi connectivity index (χ1n) is 10.1. The molecule has 0 aromatic carbocycles. The number of sulfonamides is 1. The summed E-state index contributed by atoms with van der Waals surface area (Å²) < 4.78 is 53.4. The van der Waals surface area contributed by atoms with Gasteiger partial charge < -0.3 is 4.90 Å². The molecule has 3 aliphatic rings. The number of hydrogen-bond donors (Lipinski definition) is 1. The van der Waals surface area contributed by atoms with Crippen LogP contribution in [0.2, 0.25) is 0 Å². The van der Waals surface area contributed by atoms with Gasteiger partial charge in [-0.15, -0.1) is 0 Å². The van der Waals surface area contributed by atoms with Gasteiger partial charge in [-0.1, -0.05) is 26.8 Å². The van der Waals surface area contributed by atoms with Crippen LogP contribution in [0.4, 0.5) is 8.78 Å². The summed E-state index contributed by atoms with van der Waals surface area (Å²) >= 11 is 0. The van der Waals surface area contributed by atoms with E-state index in [0.717, 1.165) is 18.1 Å². The lowest BCUT2D eigenvalue weighted by Crippen LogP contribution is -2.45. The number of hydrogen-bond acceptors (Lipinski definition) is 4. The first kappa shape index (κ1) is 21.3. The van der Waals surface area contributed by atoms with Crippen LogP contribution in [0.25, 0.3) is 0 Å². The molecule has 0 bridgehead atoms. The van der Waals surface area contributed by atoms with Crippen molar-refractivity contribution in [3.63, 3.8) is 0 Å². The van der Waals surface area contributed by atoms with E-state index >= 15 is 0 Å². The third-order valence-corrected chi connectivity index (χ3v) is 7.01. The highest BCUT2D eigenvalue weighted by atomic mass is 32.2. The van der Waals surface area contributed by atoms with Crippen LogP contribution >= 0.6 is 0 Å². The number of halogens is 2. The molecular formula is C20H31F2N3O2S. The molecule has 1 N–H and O–H groups in total. The van der Waals surface area contributed by atoms with Gasteiger partial charge in [-0.25, -0.2) is 22.2 Å². The normalized spacial score (nSPS) is 25.7. The third kappa shape index (κ3) is 4.75. The average molecular weight is 416 g/mol. The number of fused-ring (bicyclic) bond motifs is 1. The molecule has 0 aromatic rings. The van der Waals surface area contributed by atoms with Gasteiger partial charge in [0.05, 0.1) is 17.5 Å².